The van der Waals surface area contributed by atoms with Crippen LogP contribution in [0.15, 0.2) is 39.6 Å². The normalized spacial score (nSPS) is 12.5. The lowest BCUT2D eigenvalue weighted by Crippen LogP contribution is -2.41. The van der Waals surface area contributed by atoms with E-state index in [2.05, 4.69) is 5.16 Å². The van der Waals surface area contributed by atoms with Crippen LogP contribution in [0.25, 0.3) is 11.1 Å². The molecule has 1 aromatic carbocycles. The van der Waals surface area contributed by atoms with Gasteiger partial charge in [-0.2, -0.15) is 4.98 Å². The van der Waals surface area contributed by atoms with Crippen molar-refractivity contribution in [1.29, 1.82) is 0 Å². The summed E-state index contributed by atoms with van der Waals surface area (Å²) < 4.78 is 6.99. The molecule has 0 saturated heterocycles. The molecule has 1 unspecified atom stereocenters. The summed E-state index contributed by atoms with van der Waals surface area (Å²) in [5.41, 5.74) is 7.21. The first kappa shape index (κ1) is 22.7. The second-order valence-corrected chi connectivity index (χ2v) is 8.05. The Labute approximate surface area is 182 Å². The lowest BCUT2D eigenvalue weighted by Gasteiger charge is -2.33. The summed E-state index contributed by atoms with van der Waals surface area (Å²) in [6.07, 6.45) is 1.27. The van der Waals surface area contributed by atoms with Gasteiger partial charge in [-0.3, -0.25) is 14.2 Å². The Kier molecular flexibility index (Phi) is 7.22. The third kappa shape index (κ3) is 4.69. The van der Waals surface area contributed by atoms with Crippen LogP contribution in [0.1, 0.15) is 56.7 Å². The van der Waals surface area contributed by atoms with Crippen molar-refractivity contribution in [3.63, 3.8) is 0 Å². The highest BCUT2D eigenvalue weighted by atomic mass is 16.5. The molecule has 2 aromatic heterocycles. The van der Waals surface area contributed by atoms with Crippen LogP contribution in [0.2, 0.25) is 0 Å². The number of nitrogens with zero attached hydrogens (tertiary/aromatic N) is 4. The zero-order valence-electron chi connectivity index (χ0n) is 18.7. The van der Waals surface area contributed by atoms with Crippen molar-refractivity contribution >= 4 is 17.0 Å². The van der Waals surface area contributed by atoms with Gasteiger partial charge >= 0.3 is 0 Å². The monoisotopic (exact) mass is 425 g/mol. The molecule has 0 radical (unpaired) electrons. The smallest absolute Gasteiger partial charge is 0.267 e. The molecule has 0 aliphatic rings. The van der Waals surface area contributed by atoms with E-state index >= 15 is 0 Å². The van der Waals surface area contributed by atoms with Gasteiger partial charge in [-0.15, -0.1) is 0 Å². The molecule has 31 heavy (non-hydrogen) atoms. The van der Waals surface area contributed by atoms with E-state index in [1.165, 1.54) is 0 Å². The molecule has 8 nitrogen and oxygen atoms in total. The summed E-state index contributed by atoms with van der Waals surface area (Å²) in [4.78, 5) is 33.1. The number of benzene rings is 1. The van der Waals surface area contributed by atoms with E-state index < -0.39 is 0 Å². The van der Waals surface area contributed by atoms with Gasteiger partial charge in [0.25, 0.3) is 11.3 Å². The zero-order chi connectivity index (χ0) is 22.5. The van der Waals surface area contributed by atoms with Gasteiger partial charge < -0.3 is 15.2 Å². The van der Waals surface area contributed by atoms with E-state index in [-0.39, 0.29) is 29.1 Å². The highest BCUT2D eigenvalue weighted by molar-refractivity contribution is 5.79. The molecule has 0 saturated carbocycles. The molecule has 2 heterocycles. The van der Waals surface area contributed by atoms with Gasteiger partial charge in [0, 0.05) is 12.5 Å². The van der Waals surface area contributed by atoms with Crippen molar-refractivity contribution in [2.24, 2.45) is 11.7 Å². The maximum absolute atomic E-state index is 13.5. The number of carbonyl (C=O) groups is 1. The van der Waals surface area contributed by atoms with Crippen molar-refractivity contribution in [3.05, 3.63) is 57.8 Å². The van der Waals surface area contributed by atoms with Crippen LogP contribution in [-0.2, 0) is 11.3 Å². The molecule has 1 atom stereocenters. The Morgan fingerprint density at radius 3 is 2.58 bits per heavy atom. The highest BCUT2D eigenvalue weighted by Gasteiger charge is 2.30. The minimum atomic E-state index is -0.382. The van der Waals surface area contributed by atoms with Crippen molar-refractivity contribution in [3.8, 4) is 0 Å². The minimum absolute atomic E-state index is 0.00894. The Balaban J connectivity index is 2.20. The fraction of sp³-hybridized carbons (Fsp3) is 0.478. The number of aryl methyl sites for hydroxylation is 1. The molecule has 0 bridgehead atoms. The minimum Gasteiger partial charge on any atom is -0.335 e. The van der Waals surface area contributed by atoms with Crippen LogP contribution < -0.4 is 11.3 Å². The van der Waals surface area contributed by atoms with Crippen LogP contribution in [0.3, 0.4) is 0 Å². The van der Waals surface area contributed by atoms with Crippen LogP contribution >= 0.6 is 0 Å². The number of aromatic nitrogens is 3. The predicted octanol–water partition coefficient (Wildman–Crippen LogP) is 3.03. The van der Waals surface area contributed by atoms with Crippen molar-refractivity contribution < 1.29 is 9.32 Å². The summed E-state index contributed by atoms with van der Waals surface area (Å²) in [6.45, 7) is 8.79. The fourth-order valence-electron chi connectivity index (χ4n) is 3.81. The number of hydrogen-bond donors (Lipinski definition) is 1. The molecule has 0 spiro atoms. The Morgan fingerprint density at radius 2 is 1.97 bits per heavy atom. The van der Waals surface area contributed by atoms with Gasteiger partial charge in [-0.1, -0.05) is 56.3 Å². The summed E-state index contributed by atoms with van der Waals surface area (Å²) in [7, 11) is 0. The first-order valence-electron chi connectivity index (χ1n) is 10.8. The molecule has 166 valence electrons. The van der Waals surface area contributed by atoms with Crippen LogP contribution in [0, 0.1) is 12.8 Å². The first-order valence-corrected chi connectivity index (χ1v) is 10.8. The standard InChI is InChI=1S/C23H31N5O3/c1-5-18(27(13-9-12-24)22(29)15(2)3)20-25-21-19(16(4)26-31-21)23(30)28(20)14-17-10-7-6-8-11-17/h6-8,10-11,15,18H,5,9,12-14,24H2,1-4H3. The fourth-order valence-corrected chi connectivity index (χ4v) is 3.81. The Morgan fingerprint density at radius 1 is 1.26 bits per heavy atom. The second kappa shape index (κ2) is 9.87. The Bertz CT molecular complexity index is 1090. The Hall–Kier alpha value is -3.00. The van der Waals surface area contributed by atoms with Gasteiger partial charge in [-0.05, 0) is 31.9 Å². The van der Waals surface area contributed by atoms with Crippen LogP contribution in [0.5, 0.6) is 0 Å². The van der Waals surface area contributed by atoms with E-state index in [1.807, 2.05) is 51.1 Å². The summed E-state index contributed by atoms with van der Waals surface area (Å²) in [5.74, 6) is 0.332. The van der Waals surface area contributed by atoms with E-state index in [0.29, 0.717) is 49.4 Å². The van der Waals surface area contributed by atoms with Crippen LogP contribution in [0.4, 0.5) is 0 Å². The largest absolute Gasteiger partial charge is 0.335 e. The van der Waals surface area contributed by atoms with Gasteiger partial charge in [0.2, 0.25) is 5.91 Å². The number of carbonyl (C=O) groups excluding carboxylic acids is 1. The molecule has 0 aliphatic heterocycles. The van der Waals surface area contributed by atoms with Gasteiger partial charge in [-0.25, -0.2) is 0 Å². The zero-order valence-corrected chi connectivity index (χ0v) is 18.7. The van der Waals surface area contributed by atoms with Gasteiger partial charge in [0.1, 0.15) is 11.2 Å². The topological polar surface area (TPSA) is 107 Å². The predicted molar refractivity (Wildman–Crippen MR) is 120 cm³/mol. The maximum atomic E-state index is 13.5. The summed E-state index contributed by atoms with van der Waals surface area (Å²) in [5, 5.41) is 4.31. The van der Waals surface area contributed by atoms with E-state index in [0.717, 1.165) is 5.56 Å². The molecule has 2 N–H and O–H groups in total. The lowest BCUT2D eigenvalue weighted by molar-refractivity contribution is -0.137. The number of hydrogen-bond acceptors (Lipinski definition) is 6. The van der Waals surface area contributed by atoms with Crippen molar-refractivity contribution in [2.45, 2.75) is 53.1 Å². The van der Waals surface area contributed by atoms with Crippen LogP contribution in [-0.4, -0.2) is 38.6 Å². The molecular formula is C23H31N5O3. The quantitative estimate of drug-likeness (QED) is 0.565. The van der Waals surface area contributed by atoms with Crippen molar-refractivity contribution in [1.82, 2.24) is 19.6 Å². The highest BCUT2D eigenvalue weighted by Crippen LogP contribution is 2.26. The first-order chi connectivity index (χ1) is 14.9. The van der Waals surface area contributed by atoms with Crippen molar-refractivity contribution in [2.75, 3.05) is 13.1 Å². The third-order valence-corrected chi connectivity index (χ3v) is 5.42. The van der Waals surface area contributed by atoms with E-state index in [1.54, 1.807) is 16.4 Å². The van der Waals surface area contributed by atoms with Gasteiger partial charge in [0.05, 0.1) is 18.3 Å². The number of fused-ring (bicyclic) bond motifs is 1. The molecule has 3 aromatic rings. The average Bonchev–Trinajstić information content (AvgIpc) is 3.14. The lowest BCUT2D eigenvalue weighted by atomic mass is 10.1. The number of amides is 1. The molecule has 1 amide bonds. The molecule has 0 aliphatic carbocycles. The SMILES string of the molecule is CCC(c1nc2onc(C)c2c(=O)n1Cc1ccccc1)N(CCCN)C(=O)C(C)C. The van der Waals surface area contributed by atoms with Gasteiger partial charge in [0.15, 0.2) is 0 Å². The number of nitrogens with two attached hydrogens (primary N) is 1. The van der Waals surface area contributed by atoms with E-state index in [9.17, 15) is 9.59 Å². The summed E-state index contributed by atoms with van der Waals surface area (Å²) in [6, 6.07) is 9.35. The maximum Gasteiger partial charge on any atom is 0.267 e. The third-order valence-electron chi connectivity index (χ3n) is 5.42. The molecule has 0 fully saturated rings. The second-order valence-electron chi connectivity index (χ2n) is 8.05. The summed E-state index contributed by atoms with van der Waals surface area (Å²) >= 11 is 0. The van der Waals surface area contributed by atoms with E-state index in [4.69, 9.17) is 15.2 Å². The molecule has 8 heteroatoms. The molecular weight excluding hydrogens is 394 g/mol. The average molecular weight is 426 g/mol. The molecule has 3 rings (SSSR count). The number of rotatable bonds is 9.